The first-order valence-electron chi connectivity index (χ1n) is 11.0. The molecule has 4 aromatic rings. The minimum absolute atomic E-state index is 0.314. The summed E-state index contributed by atoms with van der Waals surface area (Å²) in [6.07, 6.45) is 7.13. The van der Waals surface area contributed by atoms with E-state index in [0.717, 1.165) is 54.0 Å². The van der Waals surface area contributed by atoms with E-state index in [1.165, 1.54) is 0 Å². The van der Waals surface area contributed by atoms with Crippen LogP contribution in [-0.2, 0) is 11.3 Å². The molecule has 0 radical (unpaired) electrons. The van der Waals surface area contributed by atoms with Crippen LogP contribution >= 0.6 is 0 Å². The van der Waals surface area contributed by atoms with Crippen molar-refractivity contribution in [1.82, 2.24) is 24.7 Å². The van der Waals surface area contributed by atoms with E-state index in [2.05, 4.69) is 59.0 Å². The second-order valence-electron chi connectivity index (χ2n) is 8.36. The van der Waals surface area contributed by atoms with Crippen LogP contribution in [0.15, 0.2) is 47.4 Å². The first kappa shape index (κ1) is 20.4. The fourth-order valence-electron chi connectivity index (χ4n) is 3.85. The summed E-state index contributed by atoms with van der Waals surface area (Å²) in [5.74, 6) is 1.60. The Morgan fingerprint density at radius 3 is 2.59 bits per heavy atom. The van der Waals surface area contributed by atoms with E-state index >= 15 is 0 Å². The number of benzene rings is 1. The third kappa shape index (κ3) is 4.29. The molecule has 0 unspecified atom stereocenters. The highest BCUT2D eigenvalue weighted by atomic mass is 16.5. The lowest BCUT2D eigenvalue weighted by atomic mass is 10.1. The van der Waals surface area contributed by atoms with E-state index in [1.54, 1.807) is 17.0 Å². The van der Waals surface area contributed by atoms with Crippen LogP contribution < -0.4 is 10.6 Å². The van der Waals surface area contributed by atoms with Crippen molar-refractivity contribution in [2.45, 2.75) is 45.2 Å². The zero-order valence-corrected chi connectivity index (χ0v) is 18.3. The number of anilines is 2. The third-order valence-corrected chi connectivity index (χ3v) is 5.74. The molecule has 0 amide bonds. The zero-order chi connectivity index (χ0) is 21.9. The first-order chi connectivity index (χ1) is 15.7. The van der Waals surface area contributed by atoms with E-state index in [9.17, 15) is 0 Å². The number of aromatic nitrogens is 5. The number of hydrogen-bond acceptors (Lipinski definition) is 8. The molecule has 1 fully saturated rings. The van der Waals surface area contributed by atoms with Crippen LogP contribution in [0.2, 0.25) is 0 Å². The summed E-state index contributed by atoms with van der Waals surface area (Å²) < 4.78 is 12.2. The van der Waals surface area contributed by atoms with E-state index in [1.807, 2.05) is 6.20 Å². The highest BCUT2D eigenvalue weighted by molar-refractivity contribution is 5.61. The molecule has 1 aromatic carbocycles. The van der Waals surface area contributed by atoms with Gasteiger partial charge in [0.25, 0.3) is 0 Å². The van der Waals surface area contributed by atoms with Gasteiger partial charge in [-0.2, -0.15) is 19.6 Å². The maximum absolute atomic E-state index is 5.47. The van der Waals surface area contributed by atoms with E-state index < -0.39 is 0 Å². The predicted molar refractivity (Wildman–Crippen MR) is 122 cm³/mol. The first-order valence-corrected chi connectivity index (χ1v) is 11.0. The molecule has 0 spiro atoms. The van der Waals surface area contributed by atoms with Gasteiger partial charge in [0.1, 0.15) is 6.26 Å². The van der Waals surface area contributed by atoms with Gasteiger partial charge >= 0.3 is 0 Å². The maximum atomic E-state index is 5.47. The van der Waals surface area contributed by atoms with Gasteiger partial charge in [0.15, 0.2) is 5.65 Å². The van der Waals surface area contributed by atoms with Crippen molar-refractivity contribution in [3.8, 4) is 11.1 Å². The molecule has 1 aliphatic heterocycles. The molecule has 9 heteroatoms. The van der Waals surface area contributed by atoms with Crippen LogP contribution in [0.25, 0.3) is 16.8 Å². The average molecular weight is 434 g/mol. The molecule has 5 rings (SSSR count). The molecule has 3 aromatic heterocycles. The summed E-state index contributed by atoms with van der Waals surface area (Å²) in [5, 5.41) is 15.3. The summed E-state index contributed by atoms with van der Waals surface area (Å²) in [6.45, 7) is 6.44. The highest BCUT2D eigenvalue weighted by Crippen LogP contribution is 2.24. The van der Waals surface area contributed by atoms with E-state index in [0.29, 0.717) is 30.4 Å². The number of rotatable bonds is 7. The van der Waals surface area contributed by atoms with Gasteiger partial charge in [0, 0.05) is 36.9 Å². The Labute approximate surface area is 186 Å². The van der Waals surface area contributed by atoms with Gasteiger partial charge in [0.05, 0.1) is 12.4 Å². The lowest BCUT2D eigenvalue weighted by Gasteiger charge is -2.23. The molecule has 4 heterocycles. The Kier molecular flexibility index (Phi) is 5.72. The van der Waals surface area contributed by atoms with Crippen molar-refractivity contribution in [3.05, 3.63) is 54.0 Å². The number of nitrogens with zero attached hydrogens (tertiary/aromatic N) is 5. The van der Waals surface area contributed by atoms with Gasteiger partial charge in [-0.25, -0.2) is 0 Å². The fourth-order valence-corrected chi connectivity index (χ4v) is 3.85. The molecule has 1 saturated heterocycles. The minimum Gasteiger partial charge on any atom is -0.381 e. The largest absolute Gasteiger partial charge is 0.381 e. The second-order valence-corrected chi connectivity index (χ2v) is 8.36. The molecule has 2 N–H and O–H groups in total. The molecule has 9 nitrogen and oxygen atoms in total. The zero-order valence-electron chi connectivity index (χ0n) is 18.3. The molecule has 166 valence electrons. The van der Waals surface area contributed by atoms with E-state index in [4.69, 9.17) is 19.2 Å². The van der Waals surface area contributed by atoms with Crippen molar-refractivity contribution in [1.29, 1.82) is 0 Å². The lowest BCUT2D eigenvalue weighted by molar-refractivity contribution is 0.0903. The van der Waals surface area contributed by atoms with Crippen molar-refractivity contribution >= 4 is 17.5 Å². The maximum Gasteiger partial charge on any atom is 0.229 e. The summed E-state index contributed by atoms with van der Waals surface area (Å²) in [6, 6.07) is 8.59. The van der Waals surface area contributed by atoms with Crippen LogP contribution in [0.4, 0.5) is 11.9 Å². The standard InChI is InChI=1S/C23H27N7O2/c1-15(2)20-13-25-30-21(20)28-22(27-19-7-9-31-10-8-19)29-23(30)24-11-16-3-5-17(6-4-16)18-12-26-32-14-18/h3-6,12-15,19H,7-11H2,1-2H3,(H2,24,27,28,29). The smallest absolute Gasteiger partial charge is 0.229 e. The number of nitrogens with one attached hydrogen (secondary N) is 2. The van der Waals surface area contributed by atoms with Gasteiger partial charge in [-0.1, -0.05) is 43.3 Å². The van der Waals surface area contributed by atoms with Crippen molar-refractivity contribution in [2.75, 3.05) is 23.8 Å². The van der Waals surface area contributed by atoms with Crippen LogP contribution in [0.5, 0.6) is 0 Å². The highest BCUT2D eigenvalue weighted by Gasteiger charge is 2.19. The summed E-state index contributed by atoms with van der Waals surface area (Å²) in [7, 11) is 0. The van der Waals surface area contributed by atoms with Gasteiger partial charge in [-0.15, -0.1) is 0 Å². The Balaban J connectivity index is 1.39. The Hall–Kier alpha value is -3.46. The quantitative estimate of drug-likeness (QED) is 0.449. The topological polar surface area (TPSA) is 102 Å². The fraction of sp³-hybridized carbons (Fsp3) is 0.391. The molecular formula is C23H27N7O2. The number of fused-ring (bicyclic) bond motifs is 1. The van der Waals surface area contributed by atoms with E-state index in [-0.39, 0.29) is 0 Å². The van der Waals surface area contributed by atoms with Crippen LogP contribution in [0.1, 0.15) is 43.7 Å². The van der Waals surface area contributed by atoms with Crippen molar-refractivity contribution in [2.24, 2.45) is 0 Å². The van der Waals surface area contributed by atoms with Crippen molar-refractivity contribution < 1.29 is 9.26 Å². The normalized spacial score (nSPS) is 14.8. The minimum atomic E-state index is 0.314. The lowest BCUT2D eigenvalue weighted by Crippen LogP contribution is -2.29. The van der Waals surface area contributed by atoms with Gasteiger partial charge in [0.2, 0.25) is 11.9 Å². The molecule has 1 aliphatic rings. The molecule has 32 heavy (non-hydrogen) atoms. The SMILES string of the molecule is CC(C)c1cnn2c(NCc3ccc(-c4cnoc4)cc3)nc(NC3CCOCC3)nc12. The molecular weight excluding hydrogens is 406 g/mol. The monoisotopic (exact) mass is 433 g/mol. The van der Waals surface area contributed by atoms with Crippen LogP contribution in [0, 0.1) is 0 Å². The second kappa shape index (κ2) is 8.96. The number of hydrogen-bond donors (Lipinski definition) is 2. The number of ether oxygens (including phenoxy) is 1. The molecule has 0 bridgehead atoms. The van der Waals surface area contributed by atoms with Crippen LogP contribution in [-0.4, -0.2) is 44.0 Å². The Morgan fingerprint density at radius 1 is 1.06 bits per heavy atom. The Morgan fingerprint density at radius 2 is 1.88 bits per heavy atom. The average Bonchev–Trinajstić information content (AvgIpc) is 3.49. The Bertz CT molecular complexity index is 1160. The van der Waals surface area contributed by atoms with Gasteiger partial charge in [-0.05, 0) is 29.9 Å². The predicted octanol–water partition coefficient (Wildman–Crippen LogP) is 4.11. The third-order valence-electron chi connectivity index (χ3n) is 5.74. The van der Waals surface area contributed by atoms with Crippen LogP contribution in [0.3, 0.4) is 0 Å². The van der Waals surface area contributed by atoms with Gasteiger partial charge < -0.3 is 19.9 Å². The molecule has 0 saturated carbocycles. The van der Waals surface area contributed by atoms with Gasteiger partial charge in [-0.3, -0.25) is 0 Å². The molecule has 0 aliphatic carbocycles. The molecule has 0 atom stereocenters. The van der Waals surface area contributed by atoms with Crippen molar-refractivity contribution in [3.63, 3.8) is 0 Å². The summed E-state index contributed by atoms with van der Waals surface area (Å²) in [5.41, 5.74) is 5.09. The summed E-state index contributed by atoms with van der Waals surface area (Å²) in [4.78, 5) is 9.54. The summed E-state index contributed by atoms with van der Waals surface area (Å²) >= 11 is 0.